The molecule has 27 heavy (non-hydrogen) atoms. The Morgan fingerprint density at radius 1 is 1.30 bits per heavy atom. The van der Waals surface area contributed by atoms with Crippen LogP contribution in [-0.4, -0.2) is 38.4 Å². The van der Waals surface area contributed by atoms with E-state index in [0.717, 1.165) is 23.5 Å². The maximum Gasteiger partial charge on any atom is 0.335 e. The number of oxazole rings is 1. The van der Waals surface area contributed by atoms with Crippen molar-refractivity contribution in [3.63, 3.8) is 0 Å². The molecule has 7 nitrogen and oxygen atoms in total. The zero-order chi connectivity index (χ0) is 19.0. The Morgan fingerprint density at radius 3 is 2.78 bits per heavy atom. The highest BCUT2D eigenvalue weighted by atomic mass is 32.1. The monoisotopic (exact) mass is 383 g/mol. The molecule has 3 heterocycles. The maximum absolute atomic E-state index is 13.2. The molecule has 0 saturated carbocycles. The quantitative estimate of drug-likeness (QED) is 0.736. The first-order valence-corrected chi connectivity index (χ1v) is 9.42. The van der Waals surface area contributed by atoms with E-state index in [-0.39, 0.29) is 23.4 Å². The van der Waals surface area contributed by atoms with Gasteiger partial charge >= 0.3 is 5.97 Å². The summed E-state index contributed by atoms with van der Waals surface area (Å²) in [6.45, 7) is 2.55. The van der Waals surface area contributed by atoms with Crippen molar-refractivity contribution < 1.29 is 19.1 Å². The minimum absolute atomic E-state index is 0.0230. The predicted octanol–water partition coefficient (Wildman–Crippen LogP) is 3.78. The number of hydrogen-bond acceptors (Lipinski definition) is 6. The lowest BCUT2D eigenvalue weighted by molar-refractivity contribution is 0.0697. The van der Waals surface area contributed by atoms with E-state index >= 15 is 0 Å². The fraction of sp³-hybridized carbons (Fsp3) is 0.263. The SMILES string of the molecule is Cc1csc([C@H]2CCCN2C(=O)c2cc(C(=O)O)cc(-c3ncco3)c2)n1. The minimum atomic E-state index is -1.11. The van der Waals surface area contributed by atoms with Gasteiger partial charge in [-0.2, -0.15) is 0 Å². The van der Waals surface area contributed by atoms with Crippen LogP contribution in [0.3, 0.4) is 0 Å². The number of carbonyl (C=O) groups is 2. The van der Waals surface area contributed by atoms with Gasteiger partial charge in [-0.3, -0.25) is 4.79 Å². The van der Waals surface area contributed by atoms with Gasteiger partial charge < -0.3 is 14.4 Å². The second kappa shape index (κ2) is 6.96. The van der Waals surface area contributed by atoms with E-state index in [2.05, 4.69) is 9.97 Å². The van der Waals surface area contributed by atoms with Crippen molar-refractivity contribution in [2.75, 3.05) is 6.54 Å². The number of likely N-dealkylation sites (tertiary alicyclic amines) is 1. The molecule has 8 heteroatoms. The molecular formula is C19H17N3O4S. The third-order valence-electron chi connectivity index (χ3n) is 4.54. The molecule has 1 aliphatic heterocycles. The van der Waals surface area contributed by atoms with E-state index in [4.69, 9.17) is 4.42 Å². The van der Waals surface area contributed by atoms with Crippen molar-refractivity contribution >= 4 is 23.2 Å². The van der Waals surface area contributed by atoms with Crippen molar-refractivity contribution in [3.05, 3.63) is 57.9 Å². The van der Waals surface area contributed by atoms with Gasteiger partial charge in [-0.15, -0.1) is 11.3 Å². The number of carboxylic acids is 1. The Morgan fingerprint density at radius 2 is 2.11 bits per heavy atom. The summed E-state index contributed by atoms with van der Waals surface area (Å²) >= 11 is 1.55. The summed E-state index contributed by atoms with van der Waals surface area (Å²) in [5.74, 6) is -1.03. The molecular weight excluding hydrogens is 366 g/mol. The van der Waals surface area contributed by atoms with Crippen LogP contribution in [0.25, 0.3) is 11.5 Å². The molecule has 1 atom stereocenters. The lowest BCUT2D eigenvalue weighted by Crippen LogP contribution is -2.30. The van der Waals surface area contributed by atoms with E-state index in [0.29, 0.717) is 17.7 Å². The molecule has 1 fully saturated rings. The highest BCUT2D eigenvalue weighted by molar-refractivity contribution is 7.09. The average molecular weight is 383 g/mol. The summed E-state index contributed by atoms with van der Waals surface area (Å²) in [6, 6.07) is 4.41. The molecule has 1 aliphatic rings. The summed E-state index contributed by atoms with van der Waals surface area (Å²) in [7, 11) is 0. The second-order valence-electron chi connectivity index (χ2n) is 6.43. The van der Waals surface area contributed by atoms with Crippen LogP contribution in [0.2, 0.25) is 0 Å². The predicted molar refractivity (Wildman–Crippen MR) is 98.8 cm³/mol. The van der Waals surface area contributed by atoms with Crippen LogP contribution in [0.1, 0.15) is 50.3 Å². The van der Waals surface area contributed by atoms with E-state index in [1.54, 1.807) is 22.3 Å². The molecule has 0 unspecified atom stereocenters. The van der Waals surface area contributed by atoms with E-state index in [1.165, 1.54) is 24.6 Å². The lowest BCUT2D eigenvalue weighted by atomic mass is 10.0. The normalized spacial score (nSPS) is 16.6. The number of carboxylic acid groups (broad SMARTS) is 1. The smallest absolute Gasteiger partial charge is 0.335 e. The number of aryl methyl sites for hydroxylation is 1. The molecule has 2 aromatic heterocycles. The number of aromatic carboxylic acids is 1. The van der Waals surface area contributed by atoms with E-state index < -0.39 is 5.97 Å². The first-order chi connectivity index (χ1) is 13.0. The van der Waals surface area contributed by atoms with E-state index in [1.807, 2.05) is 12.3 Å². The second-order valence-corrected chi connectivity index (χ2v) is 7.31. The summed E-state index contributed by atoms with van der Waals surface area (Å²) < 4.78 is 5.27. The molecule has 0 bridgehead atoms. The first-order valence-electron chi connectivity index (χ1n) is 8.54. The molecule has 0 spiro atoms. The van der Waals surface area contributed by atoms with Crippen LogP contribution < -0.4 is 0 Å². The fourth-order valence-corrected chi connectivity index (χ4v) is 4.26. The molecule has 1 saturated heterocycles. The lowest BCUT2D eigenvalue weighted by Gasteiger charge is -2.23. The van der Waals surface area contributed by atoms with Crippen molar-refractivity contribution in [1.82, 2.24) is 14.9 Å². The van der Waals surface area contributed by atoms with Crippen molar-refractivity contribution in [2.45, 2.75) is 25.8 Å². The molecule has 138 valence electrons. The van der Waals surface area contributed by atoms with Gasteiger partial charge in [0.15, 0.2) is 0 Å². The zero-order valence-electron chi connectivity index (χ0n) is 14.6. The summed E-state index contributed by atoms with van der Waals surface area (Å²) in [5, 5.41) is 12.3. The molecule has 3 aromatic rings. The highest BCUT2D eigenvalue weighted by Crippen LogP contribution is 2.35. The van der Waals surface area contributed by atoms with Crippen LogP contribution >= 0.6 is 11.3 Å². The van der Waals surface area contributed by atoms with Gasteiger partial charge in [0.05, 0.1) is 17.8 Å². The van der Waals surface area contributed by atoms with Gasteiger partial charge in [-0.05, 0) is 38.0 Å². The maximum atomic E-state index is 13.2. The topological polar surface area (TPSA) is 96.5 Å². The summed E-state index contributed by atoms with van der Waals surface area (Å²) in [4.78, 5) is 35.1. The molecule has 1 N–H and O–H groups in total. The molecule has 0 aliphatic carbocycles. The molecule has 0 radical (unpaired) electrons. The third-order valence-corrected chi connectivity index (χ3v) is 5.61. The van der Waals surface area contributed by atoms with Crippen molar-refractivity contribution in [3.8, 4) is 11.5 Å². The number of hydrogen-bond donors (Lipinski definition) is 1. The Labute approximate surface area is 159 Å². The van der Waals surface area contributed by atoms with Gasteiger partial charge in [-0.1, -0.05) is 0 Å². The van der Waals surface area contributed by atoms with Gasteiger partial charge in [0.25, 0.3) is 5.91 Å². The number of thiazole rings is 1. The zero-order valence-corrected chi connectivity index (χ0v) is 15.4. The Bertz CT molecular complexity index is 996. The van der Waals surface area contributed by atoms with Crippen LogP contribution in [-0.2, 0) is 0 Å². The van der Waals surface area contributed by atoms with Crippen LogP contribution in [0.5, 0.6) is 0 Å². The first kappa shape index (κ1) is 17.4. The molecule has 1 amide bonds. The van der Waals surface area contributed by atoms with Crippen molar-refractivity contribution in [2.24, 2.45) is 0 Å². The van der Waals surface area contributed by atoms with Gasteiger partial charge in [0, 0.05) is 28.7 Å². The van der Waals surface area contributed by atoms with Crippen molar-refractivity contribution in [1.29, 1.82) is 0 Å². The summed E-state index contributed by atoms with van der Waals surface area (Å²) in [6.07, 6.45) is 4.63. The summed E-state index contributed by atoms with van der Waals surface area (Å²) in [5.41, 5.74) is 1.73. The Hall–Kier alpha value is -3.00. The van der Waals surface area contributed by atoms with Crippen LogP contribution in [0.4, 0.5) is 0 Å². The van der Waals surface area contributed by atoms with E-state index in [9.17, 15) is 14.7 Å². The molecule has 1 aromatic carbocycles. The number of aromatic nitrogens is 2. The number of amides is 1. The fourth-order valence-electron chi connectivity index (χ4n) is 3.32. The standard InChI is InChI=1S/C19H17N3O4S/c1-11-10-27-17(21-11)15-3-2-5-22(15)18(23)13-7-12(16-20-4-6-26-16)8-14(9-13)19(24)25/h4,6-10,15H,2-3,5H2,1H3,(H,24,25)/t15-/m1/s1. The third kappa shape index (κ3) is 3.35. The number of rotatable bonds is 4. The van der Waals surface area contributed by atoms with Gasteiger partial charge in [-0.25, -0.2) is 14.8 Å². The molecule has 4 rings (SSSR count). The average Bonchev–Trinajstić information content (AvgIpc) is 3.41. The van der Waals surface area contributed by atoms with Gasteiger partial charge in [0.2, 0.25) is 5.89 Å². The minimum Gasteiger partial charge on any atom is -0.478 e. The Kier molecular flexibility index (Phi) is 4.49. The highest BCUT2D eigenvalue weighted by Gasteiger charge is 2.33. The van der Waals surface area contributed by atoms with Crippen LogP contribution in [0, 0.1) is 6.92 Å². The largest absolute Gasteiger partial charge is 0.478 e. The Balaban J connectivity index is 1.71. The number of benzene rings is 1. The van der Waals surface area contributed by atoms with Crippen LogP contribution in [0.15, 0.2) is 40.5 Å². The van der Waals surface area contributed by atoms with Gasteiger partial charge in [0.1, 0.15) is 11.3 Å². The number of nitrogens with zero attached hydrogens (tertiary/aromatic N) is 3. The number of carbonyl (C=O) groups excluding carboxylic acids is 1.